The number of nitrogens with zero attached hydrogens (tertiary/aromatic N) is 1. The average molecular weight is 112 g/mol. The van der Waals surface area contributed by atoms with Crippen LogP contribution < -0.4 is 5.32 Å². The Morgan fingerprint density at radius 3 is 2.88 bits per heavy atom. The molecule has 0 aromatic heterocycles. The van der Waals surface area contributed by atoms with Gasteiger partial charge in [-0.15, -0.1) is 0 Å². The van der Waals surface area contributed by atoms with Crippen LogP contribution in [0, 0.1) is 0 Å². The van der Waals surface area contributed by atoms with Crippen LogP contribution >= 0.6 is 0 Å². The molecule has 2 heteroatoms. The highest BCUT2D eigenvalue weighted by Crippen LogP contribution is 1.78. The highest BCUT2D eigenvalue weighted by molar-refractivity contribution is 5.54. The molecule has 0 radical (unpaired) electrons. The van der Waals surface area contributed by atoms with Gasteiger partial charge >= 0.3 is 0 Å². The second-order valence-corrected chi connectivity index (χ2v) is 1.73. The van der Waals surface area contributed by atoms with Crippen LogP contribution in [0.5, 0.6) is 0 Å². The molecule has 8 heavy (non-hydrogen) atoms. The first-order valence-electron chi connectivity index (χ1n) is 2.55. The van der Waals surface area contributed by atoms with Crippen LogP contribution in [0.15, 0.2) is 17.1 Å². The Bertz CT molecular complexity index is 94.7. The van der Waals surface area contributed by atoms with Crippen molar-refractivity contribution in [2.24, 2.45) is 4.99 Å². The van der Waals surface area contributed by atoms with Crippen molar-refractivity contribution in [3.63, 3.8) is 0 Å². The van der Waals surface area contributed by atoms with Gasteiger partial charge in [0, 0.05) is 13.6 Å². The predicted molar refractivity (Wildman–Crippen MR) is 37.2 cm³/mol. The summed E-state index contributed by atoms with van der Waals surface area (Å²) in [6, 6.07) is 0. The minimum absolute atomic E-state index is 0.817. The quantitative estimate of drug-likeness (QED) is 0.326. The van der Waals surface area contributed by atoms with Crippen LogP contribution in [0.25, 0.3) is 0 Å². The molecular formula is C6H12N2. The third-order valence-corrected chi connectivity index (χ3v) is 0.624. The molecule has 0 aliphatic heterocycles. The molecule has 0 saturated heterocycles. The van der Waals surface area contributed by atoms with E-state index in [2.05, 4.69) is 16.9 Å². The predicted octanol–water partition coefficient (Wildman–Crippen LogP) is 0.810. The van der Waals surface area contributed by atoms with Crippen molar-refractivity contribution in [3.05, 3.63) is 12.2 Å². The van der Waals surface area contributed by atoms with Crippen LogP contribution in [0.3, 0.4) is 0 Å². The number of hydrogen-bond acceptors (Lipinski definition) is 1. The molecule has 0 aliphatic rings. The summed E-state index contributed by atoms with van der Waals surface area (Å²) in [5.41, 5.74) is 1.12. The zero-order valence-corrected chi connectivity index (χ0v) is 5.44. The average Bonchev–Trinajstić information content (AvgIpc) is 1.66. The second kappa shape index (κ2) is 4.37. The van der Waals surface area contributed by atoms with Crippen molar-refractivity contribution in [1.82, 2.24) is 5.32 Å². The highest BCUT2D eigenvalue weighted by Gasteiger charge is 1.76. The van der Waals surface area contributed by atoms with E-state index < -0.39 is 0 Å². The molecule has 0 aliphatic carbocycles. The Kier molecular flexibility index (Phi) is 3.94. The molecular weight excluding hydrogens is 100 g/mol. The summed E-state index contributed by atoms with van der Waals surface area (Å²) in [5, 5.41) is 2.94. The van der Waals surface area contributed by atoms with Crippen molar-refractivity contribution in [3.8, 4) is 0 Å². The normalized spacial score (nSPS) is 9.75. The van der Waals surface area contributed by atoms with E-state index in [-0.39, 0.29) is 0 Å². The molecule has 0 unspecified atom stereocenters. The molecule has 0 atom stereocenters. The van der Waals surface area contributed by atoms with Gasteiger partial charge in [0.1, 0.15) is 0 Å². The van der Waals surface area contributed by atoms with Gasteiger partial charge in [0.2, 0.25) is 0 Å². The topological polar surface area (TPSA) is 24.4 Å². The summed E-state index contributed by atoms with van der Waals surface area (Å²) in [7, 11) is 1.73. The molecule has 0 aromatic carbocycles. The van der Waals surface area contributed by atoms with Gasteiger partial charge in [0.15, 0.2) is 0 Å². The van der Waals surface area contributed by atoms with Gasteiger partial charge in [0.05, 0.1) is 6.34 Å². The molecule has 0 amide bonds. The van der Waals surface area contributed by atoms with E-state index >= 15 is 0 Å². The number of aliphatic imine (C=N–C) groups is 1. The fraction of sp³-hybridized carbons (Fsp3) is 0.500. The first kappa shape index (κ1) is 7.21. The van der Waals surface area contributed by atoms with Gasteiger partial charge in [0.25, 0.3) is 0 Å². The van der Waals surface area contributed by atoms with Gasteiger partial charge in [-0.2, -0.15) is 0 Å². The smallest absolute Gasteiger partial charge is 0.0822 e. The highest BCUT2D eigenvalue weighted by atomic mass is 14.9. The van der Waals surface area contributed by atoms with E-state index in [0.29, 0.717) is 0 Å². The van der Waals surface area contributed by atoms with E-state index in [1.165, 1.54) is 0 Å². The van der Waals surface area contributed by atoms with Crippen molar-refractivity contribution >= 4 is 6.34 Å². The van der Waals surface area contributed by atoms with Gasteiger partial charge in [-0.05, 0) is 6.92 Å². The Morgan fingerprint density at radius 2 is 2.50 bits per heavy atom. The largest absolute Gasteiger partial charge is 0.373 e. The lowest BCUT2D eigenvalue weighted by atomic mass is 10.4. The summed E-state index contributed by atoms with van der Waals surface area (Å²) in [5.74, 6) is 0. The standard InChI is InChI=1S/C6H12N2/c1-6(2)4-8-5-7-3/h5H,1,4H2,2-3H3,(H,7,8). The second-order valence-electron chi connectivity index (χ2n) is 1.73. The van der Waals surface area contributed by atoms with Gasteiger partial charge in [-0.25, -0.2) is 0 Å². The summed E-state index contributed by atoms with van der Waals surface area (Å²) in [6.07, 6.45) is 1.66. The molecule has 0 bridgehead atoms. The fourth-order valence-corrected chi connectivity index (χ4v) is 0.311. The maximum atomic E-state index is 3.73. The first-order valence-corrected chi connectivity index (χ1v) is 2.55. The Labute approximate surface area is 50.3 Å². The van der Waals surface area contributed by atoms with Crippen molar-refractivity contribution < 1.29 is 0 Å². The van der Waals surface area contributed by atoms with E-state index in [1.54, 1.807) is 13.4 Å². The molecule has 46 valence electrons. The van der Waals surface area contributed by atoms with Crippen LogP contribution in [0.2, 0.25) is 0 Å². The minimum atomic E-state index is 0.817. The SMILES string of the molecule is C=C(C)CNC=NC. The van der Waals surface area contributed by atoms with E-state index in [9.17, 15) is 0 Å². The van der Waals surface area contributed by atoms with Gasteiger partial charge in [-0.1, -0.05) is 12.2 Å². The monoisotopic (exact) mass is 112 g/mol. The first-order chi connectivity index (χ1) is 3.77. The molecule has 0 saturated carbocycles. The van der Waals surface area contributed by atoms with E-state index in [1.807, 2.05) is 6.92 Å². The van der Waals surface area contributed by atoms with E-state index in [0.717, 1.165) is 12.1 Å². The van der Waals surface area contributed by atoms with E-state index in [4.69, 9.17) is 0 Å². The Balaban J connectivity index is 3.05. The Hall–Kier alpha value is -0.790. The van der Waals surface area contributed by atoms with Crippen LogP contribution in [0.1, 0.15) is 6.92 Å². The zero-order valence-electron chi connectivity index (χ0n) is 5.44. The maximum absolute atomic E-state index is 3.73. The summed E-state index contributed by atoms with van der Waals surface area (Å²) in [4.78, 5) is 3.73. The summed E-state index contributed by atoms with van der Waals surface area (Å²) < 4.78 is 0. The fourth-order valence-electron chi connectivity index (χ4n) is 0.311. The molecule has 1 N–H and O–H groups in total. The summed E-state index contributed by atoms with van der Waals surface area (Å²) >= 11 is 0. The van der Waals surface area contributed by atoms with Gasteiger partial charge in [-0.3, -0.25) is 4.99 Å². The molecule has 2 nitrogen and oxygen atoms in total. The molecule has 0 spiro atoms. The lowest BCUT2D eigenvalue weighted by Crippen LogP contribution is -2.12. The Morgan fingerprint density at radius 1 is 1.88 bits per heavy atom. The van der Waals surface area contributed by atoms with Crippen LogP contribution in [0.4, 0.5) is 0 Å². The molecule has 0 rings (SSSR count). The maximum Gasteiger partial charge on any atom is 0.0822 e. The molecule has 0 fully saturated rings. The zero-order chi connectivity index (χ0) is 6.41. The van der Waals surface area contributed by atoms with Crippen molar-refractivity contribution in [1.29, 1.82) is 0 Å². The van der Waals surface area contributed by atoms with Crippen molar-refractivity contribution in [2.45, 2.75) is 6.92 Å². The lowest BCUT2D eigenvalue weighted by molar-refractivity contribution is 1.00. The molecule has 0 aromatic rings. The number of hydrogen-bond donors (Lipinski definition) is 1. The summed E-state index contributed by atoms with van der Waals surface area (Å²) in [6.45, 7) is 6.49. The van der Waals surface area contributed by atoms with Crippen LogP contribution in [-0.4, -0.2) is 19.9 Å². The number of rotatable bonds is 3. The van der Waals surface area contributed by atoms with Gasteiger partial charge < -0.3 is 5.32 Å². The third kappa shape index (κ3) is 5.21. The van der Waals surface area contributed by atoms with Crippen LogP contribution in [-0.2, 0) is 0 Å². The lowest BCUT2D eigenvalue weighted by Gasteiger charge is -1.94. The third-order valence-electron chi connectivity index (χ3n) is 0.624. The molecule has 0 heterocycles. The number of nitrogens with one attached hydrogen (secondary N) is 1. The minimum Gasteiger partial charge on any atom is -0.373 e. The van der Waals surface area contributed by atoms with Crippen molar-refractivity contribution in [2.75, 3.05) is 13.6 Å².